The van der Waals surface area contributed by atoms with Gasteiger partial charge in [-0.05, 0) is 29.9 Å². The molecule has 1 unspecified atom stereocenters. The summed E-state index contributed by atoms with van der Waals surface area (Å²) < 4.78 is 28.3. The van der Waals surface area contributed by atoms with Crippen molar-refractivity contribution in [1.29, 1.82) is 0 Å². The molecule has 1 aromatic rings. The van der Waals surface area contributed by atoms with Crippen molar-refractivity contribution in [3.63, 3.8) is 0 Å². The summed E-state index contributed by atoms with van der Waals surface area (Å²) >= 11 is 6.24. The molecule has 2 aliphatic carbocycles. The van der Waals surface area contributed by atoms with Crippen molar-refractivity contribution in [2.24, 2.45) is 11.3 Å². The van der Waals surface area contributed by atoms with Crippen LogP contribution in [0, 0.1) is 11.3 Å². The van der Waals surface area contributed by atoms with Gasteiger partial charge in [0.25, 0.3) is 5.92 Å². The average Bonchev–Trinajstić information content (AvgIpc) is 2.64. The second-order valence-electron chi connectivity index (χ2n) is 7.35. The Labute approximate surface area is 139 Å². The van der Waals surface area contributed by atoms with Crippen LogP contribution in [-0.4, -0.2) is 28.3 Å². The van der Waals surface area contributed by atoms with Gasteiger partial charge in [0.1, 0.15) is 5.41 Å². The number of fused-ring (bicyclic) bond motifs is 4. The van der Waals surface area contributed by atoms with E-state index in [1.165, 1.54) is 0 Å². The molecule has 2 fully saturated rings. The molecule has 0 bridgehead atoms. The molecule has 1 aliphatic heterocycles. The topological polar surface area (TPSA) is 33.2 Å². The molecular weight excluding hydrogens is 322 g/mol. The number of nitrogens with zero attached hydrogens (tertiary/aromatic N) is 2. The van der Waals surface area contributed by atoms with E-state index in [9.17, 15) is 13.6 Å². The van der Waals surface area contributed by atoms with Crippen molar-refractivity contribution in [2.75, 3.05) is 6.54 Å². The molecule has 0 radical (unpaired) electrons. The lowest BCUT2D eigenvalue weighted by atomic mass is 9.63. The van der Waals surface area contributed by atoms with Crippen LogP contribution in [0.1, 0.15) is 56.2 Å². The number of likely N-dealkylation sites (tertiary alicyclic amines) is 1. The Hall–Kier alpha value is -1.23. The van der Waals surface area contributed by atoms with Crippen LogP contribution >= 0.6 is 11.6 Å². The van der Waals surface area contributed by atoms with Gasteiger partial charge >= 0.3 is 0 Å². The van der Waals surface area contributed by atoms with E-state index in [0.717, 1.165) is 18.1 Å². The van der Waals surface area contributed by atoms with Crippen LogP contribution in [-0.2, 0) is 4.79 Å². The van der Waals surface area contributed by atoms with E-state index < -0.39 is 11.3 Å². The minimum absolute atomic E-state index is 0.140. The molecular formula is C17H19ClF2N2O. The number of hydrogen-bond acceptors (Lipinski definition) is 2. The minimum Gasteiger partial charge on any atom is -0.334 e. The number of carbonyl (C=O) groups is 1. The fraction of sp³-hybridized carbons (Fsp3) is 0.647. The first kappa shape index (κ1) is 15.3. The number of rotatable bonds is 2. The SMILES string of the molecule is C[C@H]1CN(C(=O)C2(C(C)(F)F)CCC2)[C@@H]2c3cncc(Cl)c3C21. The molecule has 124 valence electrons. The summed E-state index contributed by atoms with van der Waals surface area (Å²) in [7, 11) is 0. The van der Waals surface area contributed by atoms with Crippen molar-refractivity contribution in [3.8, 4) is 0 Å². The van der Waals surface area contributed by atoms with E-state index in [0.29, 0.717) is 18.0 Å². The molecule has 3 aliphatic rings. The maximum atomic E-state index is 14.1. The number of hydrogen-bond donors (Lipinski definition) is 0. The zero-order valence-corrected chi connectivity index (χ0v) is 13.9. The van der Waals surface area contributed by atoms with Crippen molar-refractivity contribution in [1.82, 2.24) is 9.88 Å². The van der Waals surface area contributed by atoms with Crippen molar-refractivity contribution in [2.45, 2.75) is 51.0 Å². The molecule has 0 N–H and O–H groups in total. The lowest BCUT2D eigenvalue weighted by molar-refractivity contribution is -0.186. The van der Waals surface area contributed by atoms with E-state index in [2.05, 4.69) is 11.9 Å². The zero-order chi connectivity index (χ0) is 16.6. The van der Waals surface area contributed by atoms with E-state index >= 15 is 0 Å². The Morgan fingerprint density at radius 1 is 1.43 bits per heavy atom. The van der Waals surface area contributed by atoms with E-state index in [1.807, 2.05) is 0 Å². The summed E-state index contributed by atoms with van der Waals surface area (Å²) in [5.74, 6) is -3.00. The first-order chi connectivity index (χ1) is 10.8. The van der Waals surface area contributed by atoms with Gasteiger partial charge in [0.15, 0.2) is 0 Å². The van der Waals surface area contributed by atoms with Crippen LogP contribution in [0.15, 0.2) is 12.4 Å². The number of alkyl halides is 2. The molecule has 23 heavy (non-hydrogen) atoms. The van der Waals surface area contributed by atoms with Gasteiger partial charge < -0.3 is 4.90 Å². The summed E-state index contributed by atoms with van der Waals surface area (Å²) in [5.41, 5.74) is 0.457. The Balaban J connectivity index is 1.71. The van der Waals surface area contributed by atoms with Crippen LogP contribution in [0.25, 0.3) is 0 Å². The van der Waals surface area contributed by atoms with E-state index in [4.69, 9.17) is 11.6 Å². The smallest absolute Gasteiger partial charge is 0.259 e. The Kier molecular flexibility index (Phi) is 3.10. The normalized spacial score (nSPS) is 31.0. The quantitative estimate of drug-likeness (QED) is 0.809. The number of aromatic nitrogens is 1. The summed E-state index contributed by atoms with van der Waals surface area (Å²) in [6.07, 6.45) is 4.58. The highest BCUT2D eigenvalue weighted by Crippen LogP contribution is 2.62. The molecule has 0 aromatic carbocycles. The van der Waals surface area contributed by atoms with E-state index in [1.54, 1.807) is 17.3 Å². The van der Waals surface area contributed by atoms with Gasteiger partial charge in [-0.2, -0.15) is 0 Å². The third kappa shape index (κ3) is 1.80. The maximum absolute atomic E-state index is 14.1. The lowest BCUT2D eigenvalue weighted by Gasteiger charge is -2.49. The fourth-order valence-corrected chi connectivity index (χ4v) is 4.94. The third-order valence-electron chi connectivity index (χ3n) is 6.11. The molecule has 1 saturated carbocycles. The van der Waals surface area contributed by atoms with Gasteiger partial charge in [0.2, 0.25) is 5.91 Å². The van der Waals surface area contributed by atoms with Crippen molar-refractivity contribution >= 4 is 17.5 Å². The Morgan fingerprint density at radius 3 is 2.70 bits per heavy atom. The van der Waals surface area contributed by atoms with Crippen molar-refractivity contribution < 1.29 is 13.6 Å². The van der Waals surface area contributed by atoms with Gasteiger partial charge in [-0.15, -0.1) is 0 Å². The molecule has 1 saturated heterocycles. The van der Waals surface area contributed by atoms with Crippen LogP contribution in [0.5, 0.6) is 0 Å². The highest BCUT2D eigenvalue weighted by atomic mass is 35.5. The second-order valence-corrected chi connectivity index (χ2v) is 7.76. The average molecular weight is 341 g/mol. The number of pyridine rings is 1. The molecule has 2 heterocycles. The van der Waals surface area contributed by atoms with Gasteiger partial charge in [0.05, 0.1) is 11.1 Å². The van der Waals surface area contributed by atoms with E-state index in [-0.39, 0.29) is 36.6 Å². The molecule has 4 rings (SSSR count). The number of carbonyl (C=O) groups excluding carboxylic acids is 1. The Morgan fingerprint density at radius 2 is 2.13 bits per heavy atom. The number of amides is 1. The standard InChI is InChI=1S/C17H19ClF2N2O/c1-9-8-22(15(23)17(4-3-5-17)16(2,19)20)14-10-6-21-7-11(18)13(10)12(9)14/h6-7,9,12,14H,3-5,8H2,1-2H3/t9-,12?,14+/m0/s1. The molecule has 0 spiro atoms. The van der Waals surface area contributed by atoms with Crippen LogP contribution in [0.3, 0.4) is 0 Å². The maximum Gasteiger partial charge on any atom is 0.259 e. The second kappa shape index (κ2) is 4.65. The van der Waals surface area contributed by atoms with Crippen molar-refractivity contribution in [3.05, 3.63) is 28.5 Å². The molecule has 3 atom stereocenters. The predicted octanol–water partition coefficient (Wildman–Crippen LogP) is 4.18. The fourth-order valence-electron chi connectivity index (χ4n) is 4.65. The summed E-state index contributed by atoms with van der Waals surface area (Å²) in [6.45, 7) is 3.45. The minimum atomic E-state index is -2.98. The zero-order valence-electron chi connectivity index (χ0n) is 13.2. The monoisotopic (exact) mass is 340 g/mol. The van der Waals surface area contributed by atoms with Gasteiger partial charge in [-0.3, -0.25) is 9.78 Å². The van der Waals surface area contributed by atoms with Crippen LogP contribution in [0.4, 0.5) is 8.78 Å². The largest absolute Gasteiger partial charge is 0.334 e. The molecule has 6 heteroatoms. The van der Waals surface area contributed by atoms with Gasteiger partial charge in [-0.1, -0.05) is 24.9 Å². The Bertz CT molecular complexity index is 684. The predicted molar refractivity (Wildman–Crippen MR) is 82.5 cm³/mol. The first-order valence-corrected chi connectivity index (χ1v) is 8.48. The summed E-state index contributed by atoms with van der Waals surface area (Å²) in [4.78, 5) is 18.8. The summed E-state index contributed by atoms with van der Waals surface area (Å²) in [5, 5.41) is 0.615. The van der Waals surface area contributed by atoms with Crippen LogP contribution < -0.4 is 0 Å². The third-order valence-corrected chi connectivity index (χ3v) is 6.41. The van der Waals surface area contributed by atoms with Gasteiger partial charge in [-0.25, -0.2) is 8.78 Å². The highest BCUT2D eigenvalue weighted by molar-refractivity contribution is 6.31. The summed E-state index contributed by atoms with van der Waals surface area (Å²) in [6, 6.07) is -0.140. The highest BCUT2D eigenvalue weighted by Gasteiger charge is 2.64. The number of halogens is 3. The van der Waals surface area contributed by atoms with Crippen LogP contribution in [0.2, 0.25) is 5.02 Å². The molecule has 3 nitrogen and oxygen atoms in total. The van der Waals surface area contributed by atoms with Gasteiger partial charge in [0, 0.05) is 31.8 Å². The first-order valence-electron chi connectivity index (χ1n) is 8.10. The molecule has 1 aromatic heterocycles. The molecule has 1 amide bonds. The lowest BCUT2D eigenvalue weighted by Crippen LogP contribution is -2.57.